The molecule has 0 aromatic heterocycles. The standard InChI is InChI=1S/C16H25N3O5S/c20-13(17-12-6-9-25(23,24)11-12)10-19-14(21)16(18-15(19)22)7-4-2-1-3-5-8-16/h12H,1-11H2,(H,17,20)(H,18,22). The van der Waals surface area contributed by atoms with Crippen LogP contribution in [0.5, 0.6) is 0 Å². The molecule has 1 atom stereocenters. The lowest BCUT2D eigenvalue weighted by Gasteiger charge is -2.28. The van der Waals surface area contributed by atoms with E-state index in [0.29, 0.717) is 19.3 Å². The van der Waals surface area contributed by atoms with Gasteiger partial charge in [-0.15, -0.1) is 0 Å². The van der Waals surface area contributed by atoms with Crippen molar-refractivity contribution in [2.24, 2.45) is 0 Å². The molecule has 0 aromatic carbocycles. The van der Waals surface area contributed by atoms with E-state index in [1.165, 1.54) is 0 Å². The molecule has 1 saturated carbocycles. The highest BCUT2D eigenvalue weighted by atomic mass is 32.2. The summed E-state index contributed by atoms with van der Waals surface area (Å²) in [6.45, 7) is -0.358. The molecular formula is C16H25N3O5S. The normalized spacial score (nSPS) is 28.5. The van der Waals surface area contributed by atoms with Crippen LogP contribution in [-0.2, 0) is 19.4 Å². The first-order valence-electron chi connectivity index (χ1n) is 8.95. The van der Waals surface area contributed by atoms with Gasteiger partial charge in [0.1, 0.15) is 12.1 Å². The molecule has 140 valence electrons. The van der Waals surface area contributed by atoms with Crippen molar-refractivity contribution in [2.45, 2.75) is 62.9 Å². The van der Waals surface area contributed by atoms with Gasteiger partial charge in [-0.3, -0.25) is 14.5 Å². The van der Waals surface area contributed by atoms with Crippen molar-refractivity contribution in [3.8, 4) is 0 Å². The highest BCUT2D eigenvalue weighted by molar-refractivity contribution is 7.91. The van der Waals surface area contributed by atoms with Crippen LogP contribution in [0.2, 0.25) is 0 Å². The van der Waals surface area contributed by atoms with Crippen molar-refractivity contribution in [3.63, 3.8) is 0 Å². The summed E-state index contributed by atoms with van der Waals surface area (Å²) in [4.78, 5) is 38.2. The minimum atomic E-state index is -3.09. The number of rotatable bonds is 3. The molecule has 3 aliphatic rings. The van der Waals surface area contributed by atoms with Gasteiger partial charge in [-0.2, -0.15) is 0 Å². The summed E-state index contributed by atoms with van der Waals surface area (Å²) < 4.78 is 22.9. The third kappa shape index (κ3) is 3.96. The molecular weight excluding hydrogens is 346 g/mol. The number of imide groups is 1. The molecule has 4 amide bonds. The van der Waals surface area contributed by atoms with Gasteiger partial charge < -0.3 is 10.6 Å². The van der Waals surface area contributed by atoms with Crippen LogP contribution >= 0.6 is 0 Å². The summed E-state index contributed by atoms with van der Waals surface area (Å²) in [7, 11) is -3.09. The SMILES string of the molecule is O=C(CN1C(=O)NC2(CCCCCCC2)C1=O)NC1CCS(=O)(=O)C1. The predicted molar refractivity (Wildman–Crippen MR) is 90.5 cm³/mol. The van der Waals surface area contributed by atoms with E-state index in [4.69, 9.17) is 0 Å². The van der Waals surface area contributed by atoms with E-state index >= 15 is 0 Å². The molecule has 1 aliphatic carbocycles. The Hall–Kier alpha value is -1.64. The molecule has 3 rings (SSSR count). The van der Waals surface area contributed by atoms with E-state index in [1.807, 2.05) is 0 Å². The summed E-state index contributed by atoms with van der Waals surface area (Å²) in [5.41, 5.74) is -0.867. The highest BCUT2D eigenvalue weighted by Crippen LogP contribution is 2.31. The fourth-order valence-corrected chi connectivity index (χ4v) is 5.67. The van der Waals surface area contributed by atoms with Crippen LogP contribution in [0.15, 0.2) is 0 Å². The molecule has 1 spiro atoms. The minimum absolute atomic E-state index is 0.0597. The second kappa shape index (κ2) is 6.93. The lowest BCUT2D eigenvalue weighted by molar-refractivity contribution is -0.135. The molecule has 2 saturated heterocycles. The maximum absolute atomic E-state index is 12.8. The Labute approximate surface area is 147 Å². The van der Waals surface area contributed by atoms with Crippen LogP contribution in [0.4, 0.5) is 4.79 Å². The summed E-state index contributed by atoms with van der Waals surface area (Å²) in [5.74, 6) is -0.838. The van der Waals surface area contributed by atoms with Crippen LogP contribution in [0.25, 0.3) is 0 Å². The summed E-state index contributed by atoms with van der Waals surface area (Å²) in [6, 6.07) is -0.964. The van der Waals surface area contributed by atoms with Gasteiger partial charge in [-0.25, -0.2) is 13.2 Å². The molecule has 3 fully saturated rings. The maximum Gasteiger partial charge on any atom is 0.325 e. The van der Waals surface area contributed by atoms with Crippen molar-refractivity contribution in [3.05, 3.63) is 0 Å². The Morgan fingerprint density at radius 3 is 2.40 bits per heavy atom. The highest BCUT2D eigenvalue weighted by Gasteiger charge is 2.50. The summed E-state index contributed by atoms with van der Waals surface area (Å²) in [6.07, 6.45) is 6.58. The van der Waals surface area contributed by atoms with Crippen molar-refractivity contribution < 1.29 is 22.8 Å². The Bertz CT molecular complexity index is 667. The molecule has 1 unspecified atom stereocenters. The molecule has 0 aromatic rings. The molecule has 0 radical (unpaired) electrons. The van der Waals surface area contributed by atoms with Crippen LogP contribution in [0, 0.1) is 0 Å². The van der Waals surface area contributed by atoms with Gasteiger partial charge in [-0.05, 0) is 19.3 Å². The lowest BCUT2D eigenvalue weighted by atomic mass is 9.84. The smallest absolute Gasteiger partial charge is 0.325 e. The van der Waals surface area contributed by atoms with E-state index in [2.05, 4.69) is 10.6 Å². The first-order chi connectivity index (χ1) is 11.8. The van der Waals surface area contributed by atoms with Crippen LogP contribution in [-0.4, -0.2) is 60.8 Å². The minimum Gasteiger partial charge on any atom is -0.351 e. The maximum atomic E-state index is 12.8. The molecule has 9 heteroatoms. The first kappa shape index (κ1) is 18.2. The van der Waals surface area contributed by atoms with E-state index in [-0.39, 0.29) is 24.0 Å². The van der Waals surface area contributed by atoms with E-state index < -0.39 is 33.4 Å². The van der Waals surface area contributed by atoms with Crippen molar-refractivity contribution in [1.29, 1.82) is 0 Å². The van der Waals surface area contributed by atoms with Gasteiger partial charge in [-0.1, -0.05) is 32.1 Å². The van der Waals surface area contributed by atoms with Crippen molar-refractivity contribution in [1.82, 2.24) is 15.5 Å². The average molecular weight is 371 g/mol. The first-order valence-corrected chi connectivity index (χ1v) is 10.8. The number of amides is 4. The van der Waals surface area contributed by atoms with Crippen molar-refractivity contribution >= 4 is 27.7 Å². The number of carbonyl (C=O) groups excluding carboxylic acids is 3. The molecule has 2 aliphatic heterocycles. The van der Waals surface area contributed by atoms with Gasteiger partial charge in [0.05, 0.1) is 11.5 Å². The third-order valence-corrected chi connectivity index (χ3v) is 7.12. The van der Waals surface area contributed by atoms with Crippen LogP contribution in [0.3, 0.4) is 0 Å². The van der Waals surface area contributed by atoms with Gasteiger partial charge in [0, 0.05) is 6.04 Å². The van der Waals surface area contributed by atoms with Gasteiger partial charge in [0.2, 0.25) is 5.91 Å². The molecule has 0 bridgehead atoms. The third-order valence-electron chi connectivity index (χ3n) is 5.35. The molecule has 8 nitrogen and oxygen atoms in total. The van der Waals surface area contributed by atoms with E-state index in [1.54, 1.807) is 0 Å². The number of hydrogen-bond donors (Lipinski definition) is 2. The van der Waals surface area contributed by atoms with Gasteiger partial charge >= 0.3 is 6.03 Å². The average Bonchev–Trinajstić information content (AvgIpc) is 2.95. The largest absolute Gasteiger partial charge is 0.351 e. The number of hydrogen-bond acceptors (Lipinski definition) is 5. The number of nitrogens with one attached hydrogen (secondary N) is 2. The molecule has 2 N–H and O–H groups in total. The molecule has 2 heterocycles. The Balaban J connectivity index is 1.61. The number of carbonyl (C=O) groups is 3. The van der Waals surface area contributed by atoms with Crippen LogP contribution in [0.1, 0.15) is 51.4 Å². The Morgan fingerprint density at radius 1 is 1.16 bits per heavy atom. The molecule has 25 heavy (non-hydrogen) atoms. The predicted octanol–water partition coefficient (Wildman–Crippen LogP) is 0.325. The second-order valence-electron chi connectivity index (χ2n) is 7.34. The van der Waals surface area contributed by atoms with Crippen LogP contribution < -0.4 is 10.6 Å². The zero-order valence-electron chi connectivity index (χ0n) is 14.3. The topological polar surface area (TPSA) is 113 Å². The quantitative estimate of drug-likeness (QED) is 0.694. The van der Waals surface area contributed by atoms with Crippen molar-refractivity contribution in [2.75, 3.05) is 18.1 Å². The van der Waals surface area contributed by atoms with E-state index in [9.17, 15) is 22.8 Å². The zero-order chi connectivity index (χ0) is 18.1. The van der Waals surface area contributed by atoms with Gasteiger partial charge in [0.25, 0.3) is 5.91 Å². The summed E-state index contributed by atoms with van der Waals surface area (Å²) in [5, 5.41) is 5.43. The monoisotopic (exact) mass is 371 g/mol. The zero-order valence-corrected chi connectivity index (χ0v) is 15.1. The second-order valence-corrected chi connectivity index (χ2v) is 9.57. The Kier molecular flexibility index (Phi) is 5.04. The van der Waals surface area contributed by atoms with E-state index in [0.717, 1.165) is 37.0 Å². The van der Waals surface area contributed by atoms with Gasteiger partial charge in [0.15, 0.2) is 9.84 Å². The Morgan fingerprint density at radius 2 is 1.80 bits per heavy atom. The fraction of sp³-hybridized carbons (Fsp3) is 0.812. The lowest BCUT2D eigenvalue weighted by Crippen LogP contribution is -2.48. The summed E-state index contributed by atoms with van der Waals surface area (Å²) >= 11 is 0. The number of nitrogens with zero attached hydrogens (tertiary/aromatic N) is 1. The number of urea groups is 1. The fourth-order valence-electron chi connectivity index (χ4n) is 3.99. The number of sulfone groups is 1.